The number of nitrogens with zero attached hydrogens (tertiary/aromatic N) is 1. The third-order valence-electron chi connectivity index (χ3n) is 7.87. The Labute approximate surface area is 255 Å². The normalized spacial score (nSPS) is 19.3. The molecule has 1 aliphatic rings. The minimum Gasteiger partial charge on any atom is -0.465 e. The van der Waals surface area contributed by atoms with Gasteiger partial charge in [-0.15, -0.1) is 0 Å². The summed E-state index contributed by atoms with van der Waals surface area (Å²) in [6.07, 6.45) is -0.641. The van der Waals surface area contributed by atoms with Crippen LogP contribution in [0, 0.1) is 17.7 Å². The van der Waals surface area contributed by atoms with Crippen LogP contribution < -0.4 is 10.0 Å². The zero-order chi connectivity index (χ0) is 32.1. The maximum Gasteiger partial charge on any atom is 0.405 e. The van der Waals surface area contributed by atoms with Crippen LogP contribution in [0.25, 0.3) is 0 Å². The third kappa shape index (κ3) is 9.29. The lowest BCUT2D eigenvalue weighted by Crippen LogP contribution is -2.59. The third-order valence-corrected chi connectivity index (χ3v) is 14.4. The molecule has 1 saturated heterocycles. The maximum absolute atomic E-state index is 14.9. The van der Waals surface area contributed by atoms with Crippen LogP contribution in [0.4, 0.5) is 9.18 Å². The Kier molecular flexibility index (Phi) is 10.7. The second-order valence-corrected chi connectivity index (χ2v) is 19.2. The Hall–Kier alpha value is -3.40. The summed E-state index contributed by atoms with van der Waals surface area (Å²) < 4.78 is 56.8. The van der Waals surface area contributed by atoms with Gasteiger partial charge in [-0.25, -0.2) is 27.3 Å². The number of amides is 1. The second kappa shape index (κ2) is 13.5. The number of benzene rings is 2. The van der Waals surface area contributed by atoms with Gasteiger partial charge in [0.15, 0.2) is 8.32 Å². The summed E-state index contributed by atoms with van der Waals surface area (Å²) in [7, 11) is -6.00. The molecule has 1 fully saturated rings. The van der Waals surface area contributed by atoms with Gasteiger partial charge in [0.25, 0.3) is 6.02 Å². The van der Waals surface area contributed by atoms with Crippen molar-refractivity contribution in [3.8, 4) is 11.8 Å². The fourth-order valence-corrected chi connectivity index (χ4v) is 7.08. The van der Waals surface area contributed by atoms with Crippen LogP contribution in [0.2, 0.25) is 18.1 Å². The molecular formula is C31H42FN3O6SSi. The Morgan fingerprint density at radius 2 is 1.86 bits per heavy atom. The smallest absolute Gasteiger partial charge is 0.405 e. The van der Waals surface area contributed by atoms with Gasteiger partial charge < -0.3 is 19.6 Å². The molecule has 2 atom stereocenters. The van der Waals surface area contributed by atoms with Crippen LogP contribution in [-0.4, -0.2) is 58.0 Å². The molecule has 1 aliphatic heterocycles. The minimum atomic E-state index is -3.93. The SMILES string of the molecule is CC1(C)OC(=N[C@@H](CCO[Si](C)(C)C(C)(C)C)c2ccccc2F)NS(=O)(=O)C1Cc1ccc(C#CCNC(=O)O)cc1. The van der Waals surface area contributed by atoms with Gasteiger partial charge in [0.2, 0.25) is 10.0 Å². The monoisotopic (exact) mass is 631 g/mol. The van der Waals surface area contributed by atoms with Crippen molar-refractivity contribution in [2.75, 3.05) is 13.2 Å². The Balaban J connectivity index is 1.80. The van der Waals surface area contributed by atoms with Gasteiger partial charge in [0.05, 0.1) is 12.6 Å². The van der Waals surface area contributed by atoms with E-state index in [2.05, 4.69) is 60.7 Å². The zero-order valence-corrected chi connectivity index (χ0v) is 27.6. The van der Waals surface area contributed by atoms with Gasteiger partial charge in [0.1, 0.15) is 16.7 Å². The standard InChI is InChI=1S/C31H42FN3O6SSi/c1-30(2,3)43(6,7)40-20-18-26(24-12-8-9-13-25(24)32)34-28-35-42(38,39)27(31(4,5)41-28)21-23-16-14-22(15-17-23)11-10-19-33-29(36)37/h8-9,12-17,26-27,33H,18-21H2,1-7H3,(H,34,35)(H,36,37)/t26-,27?/m0/s1. The maximum atomic E-state index is 14.9. The zero-order valence-electron chi connectivity index (χ0n) is 25.8. The Bertz CT molecular complexity index is 1490. The summed E-state index contributed by atoms with van der Waals surface area (Å²) in [5.74, 6) is 5.13. The first-order chi connectivity index (χ1) is 19.9. The number of nitrogens with one attached hydrogen (secondary N) is 2. The topological polar surface area (TPSA) is 126 Å². The van der Waals surface area contributed by atoms with E-state index in [0.29, 0.717) is 24.2 Å². The highest BCUT2D eigenvalue weighted by Gasteiger charge is 2.47. The van der Waals surface area contributed by atoms with E-state index in [0.717, 1.165) is 5.56 Å². The molecule has 43 heavy (non-hydrogen) atoms. The second-order valence-electron chi connectivity index (χ2n) is 12.6. The van der Waals surface area contributed by atoms with Crippen molar-refractivity contribution in [1.82, 2.24) is 10.0 Å². The predicted octanol–water partition coefficient (Wildman–Crippen LogP) is 5.59. The summed E-state index contributed by atoms with van der Waals surface area (Å²) >= 11 is 0. The van der Waals surface area contributed by atoms with Crippen molar-refractivity contribution in [3.05, 3.63) is 71.0 Å². The number of hydrogen-bond donors (Lipinski definition) is 3. The quantitative estimate of drug-likeness (QED) is 0.245. The number of carbonyl (C=O) groups is 1. The summed E-state index contributed by atoms with van der Waals surface area (Å²) in [6, 6.07) is 12.5. The van der Waals surface area contributed by atoms with Crippen LogP contribution in [0.1, 0.15) is 63.8 Å². The van der Waals surface area contributed by atoms with Crippen LogP contribution >= 0.6 is 0 Å². The van der Waals surface area contributed by atoms with Crippen LogP contribution in [0.5, 0.6) is 0 Å². The minimum absolute atomic E-state index is 0.0000856. The average molecular weight is 632 g/mol. The molecule has 0 bridgehead atoms. The molecular weight excluding hydrogens is 590 g/mol. The number of amidine groups is 1. The number of halogens is 1. The van der Waals surface area contributed by atoms with Crippen LogP contribution in [0.15, 0.2) is 53.5 Å². The number of ether oxygens (including phenoxy) is 1. The van der Waals surface area contributed by atoms with E-state index in [1.165, 1.54) is 6.07 Å². The van der Waals surface area contributed by atoms with Gasteiger partial charge in [-0.1, -0.05) is 62.9 Å². The molecule has 234 valence electrons. The van der Waals surface area contributed by atoms with Gasteiger partial charge in [-0.3, -0.25) is 0 Å². The average Bonchev–Trinajstić information content (AvgIpc) is 2.88. The van der Waals surface area contributed by atoms with Crippen LogP contribution in [-0.2, 0) is 25.6 Å². The Morgan fingerprint density at radius 1 is 1.21 bits per heavy atom. The van der Waals surface area contributed by atoms with Gasteiger partial charge in [-0.05, 0) is 68.6 Å². The largest absolute Gasteiger partial charge is 0.465 e. The van der Waals surface area contributed by atoms with Crippen molar-refractivity contribution in [2.45, 2.75) is 82.5 Å². The number of hydrogen-bond acceptors (Lipinski definition) is 6. The molecule has 12 heteroatoms. The molecule has 0 radical (unpaired) electrons. The van der Waals surface area contributed by atoms with E-state index < -0.39 is 47.1 Å². The van der Waals surface area contributed by atoms with Crippen molar-refractivity contribution in [2.24, 2.45) is 4.99 Å². The first-order valence-electron chi connectivity index (χ1n) is 14.1. The highest BCUT2D eigenvalue weighted by molar-refractivity contribution is 7.90. The molecule has 0 aromatic heterocycles. The van der Waals surface area contributed by atoms with E-state index in [-0.39, 0.29) is 24.0 Å². The highest BCUT2D eigenvalue weighted by atomic mass is 32.2. The molecule has 0 saturated carbocycles. The lowest BCUT2D eigenvalue weighted by Gasteiger charge is -2.39. The lowest BCUT2D eigenvalue weighted by atomic mass is 9.97. The molecule has 3 rings (SSSR count). The lowest BCUT2D eigenvalue weighted by molar-refractivity contribution is 0.0759. The molecule has 2 aromatic rings. The van der Waals surface area contributed by atoms with Crippen LogP contribution in [0.3, 0.4) is 0 Å². The molecule has 1 unspecified atom stereocenters. The van der Waals surface area contributed by atoms with E-state index in [1.807, 2.05) is 0 Å². The van der Waals surface area contributed by atoms with E-state index in [4.69, 9.17) is 14.3 Å². The van der Waals surface area contributed by atoms with E-state index in [1.54, 1.807) is 56.3 Å². The Morgan fingerprint density at radius 3 is 2.44 bits per heavy atom. The van der Waals surface area contributed by atoms with Crippen molar-refractivity contribution < 1.29 is 31.9 Å². The fourth-order valence-electron chi connectivity index (χ4n) is 4.33. The van der Waals surface area contributed by atoms with Gasteiger partial charge >= 0.3 is 6.09 Å². The van der Waals surface area contributed by atoms with E-state index in [9.17, 15) is 17.6 Å². The molecule has 0 spiro atoms. The number of sulfonamides is 1. The molecule has 2 aromatic carbocycles. The fraction of sp³-hybridized carbons (Fsp3) is 0.484. The number of rotatable bonds is 9. The molecule has 1 amide bonds. The van der Waals surface area contributed by atoms with Gasteiger partial charge in [0, 0.05) is 17.7 Å². The number of aliphatic imine (C=N–C) groups is 1. The highest BCUT2D eigenvalue weighted by Crippen LogP contribution is 2.37. The van der Waals surface area contributed by atoms with Crippen molar-refractivity contribution >= 4 is 30.5 Å². The first kappa shape index (κ1) is 34.1. The summed E-state index contributed by atoms with van der Waals surface area (Å²) in [5, 5.41) is 9.86. The van der Waals surface area contributed by atoms with Crippen molar-refractivity contribution in [3.63, 3.8) is 0 Å². The molecule has 9 nitrogen and oxygen atoms in total. The summed E-state index contributed by atoms with van der Waals surface area (Å²) in [5.41, 5.74) is 0.607. The van der Waals surface area contributed by atoms with Crippen molar-refractivity contribution in [1.29, 1.82) is 0 Å². The first-order valence-corrected chi connectivity index (χ1v) is 18.6. The summed E-state index contributed by atoms with van der Waals surface area (Å²) in [4.78, 5) is 15.1. The van der Waals surface area contributed by atoms with Gasteiger partial charge in [-0.2, -0.15) is 0 Å². The molecule has 0 aliphatic carbocycles. The molecule has 1 heterocycles. The van der Waals surface area contributed by atoms with E-state index >= 15 is 0 Å². The molecule has 3 N–H and O–H groups in total. The number of carboxylic acid groups (broad SMARTS) is 1. The summed E-state index contributed by atoms with van der Waals surface area (Å²) in [6.45, 7) is 14.4. The predicted molar refractivity (Wildman–Crippen MR) is 168 cm³/mol.